The van der Waals surface area contributed by atoms with E-state index in [0.717, 1.165) is 18.8 Å². The zero-order valence-electron chi connectivity index (χ0n) is 13.7. The molecule has 0 aromatic carbocycles. The van der Waals surface area contributed by atoms with Crippen LogP contribution in [-0.4, -0.2) is 37.4 Å². The molecule has 1 aliphatic heterocycles. The van der Waals surface area contributed by atoms with E-state index in [9.17, 15) is 14.4 Å². The zero-order chi connectivity index (χ0) is 17.0. The Morgan fingerprint density at radius 1 is 1.48 bits per heavy atom. The van der Waals surface area contributed by atoms with E-state index in [4.69, 9.17) is 5.26 Å². The fourth-order valence-electron chi connectivity index (χ4n) is 1.85. The molecule has 2 unspecified atom stereocenters. The summed E-state index contributed by atoms with van der Waals surface area (Å²) in [5.41, 5.74) is 0. The number of carbonyl (C=O) groups excluding carboxylic acids is 3. The molecule has 1 rings (SSSR count). The van der Waals surface area contributed by atoms with Crippen molar-refractivity contribution in [3.63, 3.8) is 0 Å². The second-order valence-electron chi connectivity index (χ2n) is 5.80. The Balaban J connectivity index is 0. The van der Waals surface area contributed by atoms with Crippen molar-refractivity contribution < 1.29 is 14.4 Å². The van der Waals surface area contributed by atoms with Crippen LogP contribution >= 0.6 is 0 Å². The summed E-state index contributed by atoms with van der Waals surface area (Å²) >= 11 is 0. The number of carbonyl (C=O) groups is 2. The minimum atomic E-state index is -0.722. The molecule has 0 spiro atoms. The van der Waals surface area contributed by atoms with Crippen LogP contribution in [0.15, 0.2) is 0 Å². The third kappa shape index (κ3) is 11.3. The van der Waals surface area contributed by atoms with Crippen molar-refractivity contribution >= 4 is 18.2 Å². The van der Waals surface area contributed by atoms with Gasteiger partial charge in [-0.05, 0) is 25.2 Å². The Morgan fingerprint density at radius 2 is 2.09 bits per heavy atom. The van der Waals surface area contributed by atoms with Crippen LogP contribution in [0.5, 0.6) is 0 Å². The van der Waals surface area contributed by atoms with Gasteiger partial charge in [-0.1, -0.05) is 20.8 Å². The van der Waals surface area contributed by atoms with Crippen LogP contribution in [-0.2, 0) is 14.4 Å². The Labute approximate surface area is 131 Å². The fraction of sp³-hybridized carbons (Fsp3) is 0.733. The van der Waals surface area contributed by atoms with Gasteiger partial charge in [0.15, 0.2) is 0 Å². The summed E-state index contributed by atoms with van der Waals surface area (Å²) in [6, 6.07) is 1.22. The molecule has 0 radical (unpaired) electrons. The number of hydrogen-bond donors (Lipinski definition) is 3. The number of nitrogens with one attached hydrogen (secondary N) is 3. The maximum absolute atomic E-state index is 11.5. The number of rotatable bonds is 6. The third-order valence-electron chi connectivity index (χ3n) is 2.73. The smallest absolute Gasteiger partial charge is 0.237 e. The molecule has 136 valence electrons. The molecule has 0 aliphatic carbocycles. The van der Waals surface area contributed by atoms with Crippen molar-refractivity contribution in [2.75, 3.05) is 13.1 Å². The van der Waals surface area contributed by atoms with Gasteiger partial charge in [0, 0.05) is 12.5 Å². The van der Waals surface area contributed by atoms with E-state index in [1.807, 2.05) is 6.07 Å². The minimum Gasteiger partial charge on any atom is -0.522 e. The molecule has 8 heteroatoms. The normalized spacial score (nSPS) is 17.3. The first-order valence-corrected chi connectivity index (χ1v) is 7.47. The largest absolute Gasteiger partial charge is 0.522 e. The van der Waals surface area contributed by atoms with E-state index in [0.29, 0.717) is 13.0 Å². The molecule has 23 heavy (non-hydrogen) atoms. The van der Waals surface area contributed by atoms with Gasteiger partial charge in [0.05, 0.1) is 12.6 Å². The summed E-state index contributed by atoms with van der Waals surface area (Å²) in [6.45, 7) is 6.94. The van der Waals surface area contributed by atoms with Gasteiger partial charge >= 0.3 is 0 Å². The van der Waals surface area contributed by atoms with E-state index >= 15 is 0 Å². The molecule has 1 fully saturated rings. The molecule has 2 atom stereocenters. The SMILES string of the molecule is CC(C)C.N#CC(CC1CCCNC1=O)NC(=O)CN[C-]=O.[Fm]. The van der Waals surface area contributed by atoms with Crippen LogP contribution in [0.1, 0.15) is 40.0 Å². The Kier molecular flexibility index (Phi) is 12.2. The second-order valence-corrected chi connectivity index (χ2v) is 5.80. The van der Waals surface area contributed by atoms with Crippen molar-refractivity contribution in [1.29, 1.82) is 5.26 Å². The molecule has 1 aliphatic rings. The predicted molar refractivity (Wildman–Crippen MR) is 82.1 cm³/mol. The van der Waals surface area contributed by atoms with Crippen molar-refractivity contribution in [2.24, 2.45) is 11.8 Å². The summed E-state index contributed by atoms with van der Waals surface area (Å²) in [6.07, 6.45) is 3.26. The van der Waals surface area contributed by atoms with Gasteiger partial charge in [0.1, 0.15) is 6.04 Å². The van der Waals surface area contributed by atoms with Crippen molar-refractivity contribution in [2.45, 2.75) is 46.1 Å². The Morgan fingerprint density at radius 3 is 2.57 bits per heavy atom. The molecular weight excluding hydrogens is 541 g/mol. The summed E-state index contributed by atoms with van der Waals surface area (Å²) < 4.78 is 0. The van der Waals surface area contributed by atoms with Crippen LogP contribution in [0.25, 0.3) is 0 Å². The Bertz CT molecular complexity index is 407. The fourth-order valence-corrected chi connectivity index (χ4v) is 1.85. The van der Waals surface area contributed by atoms with E-state index in [-0.39, 0.29) is 18.4 Å². The van der Waals surface area contributed by atoms with Crippen molar-refractivity contribution in [1.82, 2.24) is 16.0 Å². The van der Waals surface area contributed by atoms with Gasteiger partial charge in [-0.15, -0.1) is 0 Å². The number of hydrogen-bond acceptors (Lipinski definition) is 4. The Hall–Kier alpha value is -3.10. The maximum Gasteiger partial charge on any atom is 0.237 e. The molecule has 7 nitrogen and oxygen atoms in total. The first-order valence-electron chi connectivity index (χ1n) is 7.47. The number of nitriles is 1. The molecule has 3 N–H and O–H groups in total. The molecule has 0 aromatic heterocycles. The van der Waals surface area contributed by atoms with Gasteiger partial charge in [-0.25, -0.2) is 0 Å². The topological polar surface area (TPSA) is 111 Å². The van der Waals surface area contributed by atoms with Gasteiger partial charge in [0.2, 0.25) is 11.8 Å². The van der Waals surface area contributed by atoms with Gasteiger partial charge in [-0.2, -0.15) is 11.7 Å². The second kappa shape index (κ2) is 12.6. The monoisotopic (exact) mass is 566 g/mol. The molecule has 0 saturated carbocycles. The standard InChI is InChI=1S/C11H15N4O3.C4H10.Fm/c12-5-9(15-10(17)6-13-7-16)4-8-2-1-3-14-11(8)18;1-4(2)3;/h8-9H,1-4,6H2,(H,13,16)(H,14,18)(H,15,17);4H,1-3H3;/q-1;;. The summed E-state index contributed by atoms with van der Waals surface area (Å²) in [7, 11) is 0. The number of piperidine rings is 1. The number of nitrogens with zero attached hydrogens (tertiary/aromatic N) is 1. The van der Waals surface area contributed by atoms with Crippen LogP contribution in [0, 0.1) is 23.2 Å². The quantitative estimate of drug-likeness (QED) is 0.316. The number of amides is 3. The predicted octanol–water partition coefficient (Wildman–Crippen LogP) is 0.230. The van der Waals surface area contributed by atoms with Crippen LogP contribution in [0.2, 0.25) is 0 Å². The van der Waals surface area contributed by atoms with Gasteiger partial charge in [-0.3, -0.25) is 9.59 Å². The van der Waals surface area contributed by atoms with E-state index in [2.05, 4.69) is 36.7 Å². The van der Waals surface area contributed by atoms with E-state index in [1.54, 1.807) is 0 Å². The summed E-state index contributed by atoms with van der Waals surface area (Å²) in [5, 5.41) is 16.2. The van der Waals surface area contributed by atoms with E-state index < -0.39 is 11.9 Å². The van der Waals surface area contributed by atoms with Gasteiger partial charge < -0.3 is 20.7 Å². The molecule has 1 saturated heterocycles. The molecule has 3 amide bonds. The molecule has 0 bridgehead atoms. The van der Waals surface area contributed by atoms with Crippen molar-refractivity contribution in [3.05, 3.63) is 0 Å². The summed E-state index contributed by atoms with van der Waals surface area (Å²) in [5.74, 6) is 0.0468. The average molecular weight is 566 g/mol. The van der Waals surface area contributed by atoms with Crippen LogP contribution in [0.3, 0.4) is 0 Å². The zero-order valence-corrected chi connectivity index (χ0v) is 16.1. The average Bonchev–Trinajstić information content (AvgIpc) is 2.46. The van der Waals surface area contributed by atoms with E-state index in [1.165, 1.54) is 6.41 Å². The first kappa shape index (κ1) is 22.2. The van der Waals surface area contributed by atoms with Crippen molar-refractivity contribution in [3.8, 4) is 6.07 Å². The molecular formula is C15H25FmN4O3-. The van der Waals surface area contributed by atoms with Crippen LogP contribution in [0.4, 0.5) is 0 Å². The van der Waals surface area contributed by atoms with Gasteiger partial charge in [0.25, 0.3) is 0 Å². The van der Waals surface area contributed by atoms with Crippen LogP contribution < -0.4 is 16.0 Å². The maximum atomic E-state index is 11.5. The third-order valence-corrected chi connectivity index (χ3v) is 2.73. The molecule has 1 heterocycles. The minimum absolute atomic E-state index is 0. The first-order chi connectivity index (χ1) is 10.4. The molecule has 0 aromatic rings. The summed E-state index contributed by atoms with van der Waals surface area (Å²) in [4.78, 5) is 32.7.